The predicted octanol–water partition coefficient (Wildman–Crippen LogP) is 6.02. The van der Waals surface area contributed by atoms with Gasteiger partial charge in [-0.1, -0.05) is 60.7 Å². The maximum absolute atomic E-state index is 6.11. The zero-order valence-corrected chi connectivity index (χ0v) is 18.1. The van der Waals surface area contributed by atoms with E-state index in [9.17, 15) is 0 Å². The summed E-state index contributed by atoms with van der Waals surface area (Å²) in [4.78, 5) is 2.30. The summed E-state index contributed by atoms with van der Waals surface area (Å²) in [5.41, 5.74) is 6.65. The number of fused-ring (bicyclic) bond motifs is 1. The van der Waals surface area contributed by atoms with E-state index in [1.165, 1.54) is 40.7 Å². The van der Waals surface area contributed by atoms with Crippen LogP contribution in [0.2, 0.25) is 0 Å². The summed E-state index contributed by atoms with van der Waals surface area (Å²) in [6, 6.07) is 25.8. The summed E-state index contributed by atoms with van der Waals surface area (Å²) in [6.45, 7) is 1.77. The molecule has 0 N–H and O–H groups in total. The van der Waals surface area contributed by atoms with Crippen molar-refractivity contribution in [3.05, 3.63) is 89.5 Å². The van der Waals surface area contributed by atoms with Crippen LogP contribution in [0.15, 0.2) is 72.8 Å². The molecule has 3 heteroatoms. The number of ether oxygens (including phenoxy) is 1. The molecule has 0 fully saturated rings. The van der Waals surface area contributed by atoms with E-state index in [0.717, 1.165) is 24.6 Å². The summed E-state index contributed by atoms with van der Waals surface area (Å²) >= 11 is 0. The van der Waals surface area contributed by atoms with Gasteiger partial charge in [0.15, 0.2) is 0 Å². The monoisotopic (exact) mass is 407 g/mol. The van der Waals surface area contributed by atoms with E-state index in [2.05, 4.69) is 85.7 Å². The minimum atomic E-state index is 0. The van der Waals surface area contributed by atoms with Crippen LogP contribution in [0.4, 0.5) is 0 Å². The highest BCUT2D eigenvalue weighted by molar-refractivity contribution is 5.85. The first kappa shape index (κ1) is 21.4. The fourth-order valence-corrected chi connectivity index (χ4v) is 4.16. The molecule has 0 saturated heterocycles. The topological polar surface area (TPSA) is 12.5 Å². The molecule has 4 rings (SSSR count). The van der Waals surface area contributed by atoms with Crippen LogP contribution in [-0.2, 0) is 19.4 Å². The van der Waals surface area contributed by atoms with E-state index in [4.69, 9.17) is 4.74 Å². The molecule has 1 atom stereocenters. The van der Waals surface area contributed by atoms with Crippen molar-refractivity contribution in [2.75, 3.05) is 20.6 Å². The van der Waals surface area contributed by atoms with Crippen LogP contribution in [0.3, 0.4) is 0 Å². The molecule has 1 aliphatic rings. The molecular formula is C26H30ClNO. The SMILES string of the molecule is CN(C)CC1CCc2ccc(OCc3ccc(-c4ccccc4)cc3)cc2C1.Cl. The van der Waals surface area contributed by atoms with Gasteiger partial charge in [-0.25, -0.2) is 0 Å². The van der Waals surface area contributed by atoms with Crippen molar-refractivity contribution < 1.29 is 4.74 Å². The lowest BCUT2D eigenvalue weighted by Gasteiger charge is -2.27. The summed E-state index contributed by atoms with van der Waals surface area (Å²) in [7, 11) is 4.33. The number of aryl methyl sites for hydroxylation is 1. The van der Waals surface area contributed by atoms with Gasteiger partial charge in [-0.3, -0.25) is 0 Å². The molecule has 3 aromatic carbocycles. The summed E-state index contributed by atoms with van der Waals surface area (Å²) < 4.78 is 6.11. The van der Waals surface area contributed by atoms with E-state index in [0.29, 0.717) is 6.61 Å². The van der Waals surface area contributed by atoms with Gasteiger partial charge in [0.25, 0.3) is 0 Å². The van der Waals surface area contributed by atoms with Gasteiger partial charge < -0.3 is 9.64 Å². The lowest BCUT2D eigenvalue weighted by molar-refractivity contribution is 0.296. The van der Waals surface area contributed by atoms with E-state index >= 15 is 0 Å². The molecule has 0 spiro atoms. The summed E-state index contributed by atoms with van der Waals surface area (Å²) in [6.07, 6.45) is 3.64. The Morgan fingerprint density at radius 3 is 2.31 bits per heavy atom. The minimum Gasteiger partial charge on any atom is -0.489 e. The first-order chi connectivity index (χ1) is 13.7. The molecule has 0 heterocycles. The van der Waals surface area contributed by atoms with E-state index < -0.39 is 0 Å². The van der Waals surface area contributed by atoms with Crippen molar-refractivity contribution in [3.8, 4) is 16.9 Å². The highest BCUT2D eigenvalue weighted by Crippen LogP contribution is 2.29. The molecule has 0 bridgehead atoms. The van der Waals surface area contributed by atoms with Gasteiger partial charge in [0.05, 0.1) is 0 Å². The number of halogens is 1. The molecule has 0 amide bonds. The quantitative estimate of drug-likeness (QED) is 0.495. The van der Waals surface area contributed by atoms with Gasteiger partial charge in [0, 0.05) is 6.54 Å². The maximum Gasteiger partial charge on any atom is 0.120 e. The Balaban J connectivity index is 0.00000240. The number of benzene rings is 3. The van der Waals surface area contributed by atoms with Crippen LogP contribution >= 0.6 is 12.4 Å². The van der Waals surface area contributed by atoms with Crippen LogP contribution < -0.4 is 4.74 Å². The van der Waals surface area contributed by atoms with Crippen molar-refractivity contribution in [1.82, 2.24) is 4.90 Å². The third kappa shape index (κ3) is 5.62. The van der Waals surface area contributed by atoms with Crippen LogP contribution in [0.5, 0.6) is 5.75 Å². The van der Waals surface area contributed by atoms with Crippen LogP contribution in [0.1, 0.15) is 23.1 Å². The number of hydrogen-bond acceptors (Lipinski definition) is 2. The first-order valence-electron chi connectivity index (χ1n) is 10.2. The standard InChI is InChI=1S/C26H29NO.ClH/c1-27(2)18-21-10-13-24-14-15-26(17-25(24)16-21)28-19-20-8-11-23(12-9-20)22-6-4-3-5-7-22;/h3-9,11-12,14-15,17,21H,10,13,16,18-19H2,1-2H3;1H. The predicted molar refractivity (Wildman–Crippen MR) is 124 cm³/mol. The highest BCUT2D eigenvalue weighted by atomic mass is 35.5. The van der Waals surface area contributed by atoms with Crippen molar-refractivity contribution in [2.45, 2.75) is 25.9 Å². The Hall–Kier alpha value is -2.29. The lowest BCUT2D eigenvalue weighted by Crippen LogP contribution is -2.26. The third-order valence-electron chi connectivity index (χ3n) is 5.60. The molecule has 3 aromatic rings. The molecule has 1 unspecified atom stereocenters. The van der Waals surface area contributed by atoms with Crippen molar-refractivity contribution in [1.29, 1.82) is 0 Å². The summed E-state index contributed by atoms with van der Waals surface area (Å²) in [5.74, 6) is 1.74. The van der Waals surface area contributed by atoms with E-state index in [1.807, 2.05) is 6.07 Å². The highest BCUT2D eigenvalue weighted by Gasteiger charge is 2.19. The van der Waals surface area contributed by atoms with E-state index in [1.54, 1.807) is 0 Å². The zero-order chi connectivity index (χ0) is 19.3. The second kappa shape index (κ2) is 9.96. The second-order valence-corrected chi connectivity index (χ2v) is 8.15. The normalized spacial score (nSPS) is 15.5. The van der Waals surface area contributed by atoms with Crippen LogP contribution in [0, 0.1) is 5.92 Å². The fourth-order valence-electron chi connectivity index (χ4n) is 4.16. The van der Waals surface area contributed by atoms with Gasteiger partial charge in [-0.05, 0) is 79.2 Å². The third-order valence-corrected chi connectivity index (χ3v) is 5.60. The van der Waals surface area contributed by atoms with Gasteiger partial charge in [-0.2, -0.15) is 0 Å². The molecule has 0 radical (unpaired) electrons. The molecule has 29 heavy (non-hydrogen) atoms. The smallest absolute Gasteiger partial charge is 0.120 e. The molecule has 0 aromatic heterocycles. The van der Waals surface area contributed by atoms with Crippen molar-refractivity contribution >= 4 is 12.4 Å². The largest absolute Gasteiger partial charge is 0.489 e. The molecular weight excluding hydrogens is 378 g/mol. The number of rotatable bonds is 6. The van der Waals surface area contributed by atoms with Crippen LogP contribution in [0.25, 0.3) is 11.1 Å². The van der Waals surface area contributed by atoms with Gasteiger partial charge in [0.1, 0.15) is 12.4 Å². The summed E-state index contributed by atoms with van der Waals surface area (Å²) in [5, 5.41) is 0. The molecule has 2 nitrogen and oxygen atoms in total. The Labute approximate surface area is 180 Å². The average Bonchev–Trinajstić information content (AvgIpc) is 2.72. The lowest BCUT2D eigenvalue weighted by atomic mass is 9.83. The zero-order valence-electron chi connectivity index (χ0n) is 17.3. The van der Waals surface area contributed by atoms with Gasteiger partial charge in [-0.15, -0.1) is 12.4 Å². The molecule has 152 valence electrons. The Morgan fingerprint density at radius 2 is 1.59 bits per heavy atom. The van der Waals surface area contributed by atoms with E-state index in [-0.39, 0.29) is 12.4 Å². The number of hydrogen-bond donors (Lipinski definition) is 0. The average molecular weight is 408 g/mol. The van der Waals surface area contributed by atoms with Crippen molar-refractivity contribution in [2.24, 2.45) is 5.92 Å². The van der Waals surface area contributed by atoms with Crippen molar-refractivity contribution in [3.63, 3.8) is 0 Å². The fraction of sp³-hybridized carbons (Fsp3) is 0.308. The first-order valence-corrected chi connectivity index (χ1v) is 10.2. The van der Waals surface area contributed by atoms with Crippen LogP contribution in [-0.4, -0.2) is 25.5 Å². The van der Waals surface area contributed by atoms with Gasteiger partial charge in [0.2, 0.25) is 0 Å². The molecule has 1 aliphatic carbocycles. The van der Waals surface area contributed by atoms with Gasteiger partial charge >= 0.3 is 0 Å². The Kier molecular flexibility index (Phi) is 7.35. The molecule has 0 aliphatic heterocycles. The number of nitrogens with zero attached hydrogens (tertiary/aromatic N) is 1. The Morgan fingerprint density at radius 1 is 0.862 bits per heavy atom. The Bertz CT molecular complexity index is 906. The maximum atomic E-state index is 6.11. The second-order valence-electron chi connectivity index (χ2n) is 8.15. The molecule has 0 saturated carbocycles. The minimum absolute atomic E-state index is 0.